The van der Waals surface area contributed by atoms with Crippen LogP contribution in [-0.4, -0.2) is 42.2 Å². The summed E-state index contributed by atoms with van der Waals surface area (Å²) in [6.07, 6.45) is 17.0. The number of piperidine rings is 1. The lowest BCUT2D eigenvalue weighted by atomic mass is 9.88. The van der Waals surface area contributed by atoms with E-state index in [-0.39, 0.29) is 5.24 Å². The number of hydrogen-bond acceptors (Lipinski definition) is 4. The Hall–Kier alpha value is -1.25. The zero-order valence-electron chi connectivity index (χ0n) is 14.3. The first kappa shape index (κ1) is 17.6. The predicted molar refractivity (Wildman–Crippen MR) is 101 cm³/mol. The molecule has 0 aromatic rings. The molecule has 2 aliphatic heterocycles. The smallest absolute Gasteiger partial charge is 0.311 e. The van der Waals surface area contributed by atoms with Crippen molar-refractivity contribution in [2.45, 2.75) is 44.9 Å². The highest BCUT2D eigenvalue weighted by molar-refractivity contribution is 8.18. The van der Waals surface area contributed by atoms with E-state index < -0.39 is 0 Å². The van der Waals surface area contributed by atoms with Crippen molar-refractivity contribution in [1.29, 1.82) is 0 Å². The summed E-state index contributed by atoms with van der Waals surface area (Å²) in [4.78, 5) is 19.2. The second-order valence-corrected chi connectivity index (χ2v) is 8.05. The summed E-state index contributed by atoms with van der Waals surface area (Å²) < 4.78 is 0. The average molecular weight is 346 g/mol. The molecule has 0 unspecified atom stereocenters. The number of terminal acetylenes is 1. The number of carbonyl (C=O) groups excluding carboxylic acids is 1. The van der Waals surface area contributed by atoms with Gasteiger partial charge in [0.2, 0.25) is 0 Å². The standard InChI is InChI=1S/C19H27N3OS/c1-2-10-20-18-17(24-19(23)21-18)13-15-8-11-22(12-9-15)14-16-6-4-3-5-7-16/h1,13,15-16H,3-12,14H2,(H,20,21,23). The molecule has 1 N–H and O–H groups in total. The van der Waals surface area contributed by atoms with E-state index in [1.165, 1.54) is 76.3 Å². The second kappa shape index (κ2) is 8.73. The third kappa shape index (κ3) is 4.87. The molecule has 130 valence electrons. The van der Waals surface area contributed by atoms with Gasteiger partial charge >= 0.3 is 5.24 Å². The van der Waals surface area contributed by atoms with Gasteiger partial charge in [-0.25, -0.2) is 0 Å². The van der Waals surface area contributed by atoms with E-state index in [1.54, 1.807) is 0 Å². The number of thioether (sulfide) groups is 1. The number of nitrogens with one attached hydrogen (secondary N) is 1. The van der Waals surface area contributed by atoms with Gasteiger partial charge in [-0.3, -0.25) is 4.79 Å². The zero-order valence-corrected chi connectivity index (χ0v) is 15.1. The molecule has 0 aromatic carbocycles. The van der Waals surface area contributed by atoms with Crippen molar-refractivity contribution in [3.05, 3.63) is 11.0 Å². The van der Waals surface area contributed by atoms with E-state index in [0.29, 0.717) is 18.3 Å². The fourth-order valence-electron chi connectivity index (χ4n) is 3.94. The molecule has 0 atom stereocenters. The summed E-state index contributed by atoms with van der Waals surface area (Å²) in [6, 6.07) is 0. The Morgan fingerprint density at radius 3 is 2.71 bits per heavy atom. The van der Waals surface area contributed by atoms with Crippen LogP contribution in [0.5, 0.6) is 0 Å². The van der Waals surface area contributed by atoms with Gasteiger partial charge in [0, 0.05) is 6.54 Å². The van der Waals surface area contributed by atoms with Crippen LogP contribution in [0.4, 0.5) is 4.79 Å². The monoisotopic (exact) mass is 345 g/mol. The third-order valence-electron chi connectivity index (χ3n) is 5.25. The van der Waals surface area contributed by atoms with Gasteiger partial charge < -0.3 is 10.2 Å². The van der Waals surface area contributed by atoms with Gasteiger partial charge in [-0.2, -0.15) is 4.99 Å². The number of nitrogens with zero attached hydrogens (tertiary/aromatic N) is 2. The molecule has 1 saturated heterocycles. The Morgan fingerprint density at radius 1 is 1.25 bits per heavy atom. The summed E-state index contributed by atoms with van der Waals surface area (Å²) in [5.74, 6) is 4.65. The molecule has 3 aliphatic rings. The van der Waals surface area contributed by atoms with Crippen molar-refractivity contribution in [3.63, 3.8) is 0 Å². The van der Waals surface area contributed by atoms with Gasteiger partial charge in [-0.1, -0.05) is 31.3 Å². The van der Waals surface area contributed by atoms with Crippen molar-refractivity contribution in [2.75, 3.05) is 26.2 Å². The Balaban J connectivity index is 1.48. The molecule has 0 aromatic heterocycles. The first-order chi connectivity index (χ1) is 11.7. The lowest BCUT2D eigenvalue weighted by Crippen LogP contribution is -2.37. The molecule has 0 spiro atoms. The maximum atomic E-state index is 11.6. The lowest BCUT2D eigenvalue weighted by molar-refractivity contribution is 0.158. The van der Waals surface area contributed by atoms with Crippen LogP contribution < -0.4 is 5.32 Å². The fourth-order valence-corrected chi connectivity index (χ4v) is 4.74. The van der Waals surface area contributed by atoms with E-state index in [1.807, 2.05) is 0 Å². The summed E-state index contributed by atoms with van der Waals surface area (Å²) in [5, 5.41) is 2.91. The second-order valence-electron chi connectivity index (χ2n) is 7.06. The molecule has 24 heavy (non-hydrogen) atoms. The van der Waals surface area contributed by atoms with Gasteiger partial charge in [0.15, 0.2) is 0 Å². The minimum absolute atomic E-state index is 0.143. The van der Waals surface area contributed by atoms with Gasteiger partial charge in [-0.05, 0) is 62.4 Å². The molecular weight excluding hydrogens is 318 g/mol. The van der Waals surface area contributed by atoms with E-state index in [2.05, 4.69) is 27.2 Å². The fraction of sp³-hybridized carbons (Fsp3) is 0.684. The van der Waals surface area contributed by atoms with Gasteiger partial charge in [0.05, 0.1) is 11.4 Å². The molecule has 2 heterocycles. The van der Waals surface area contributed by atoms with Crippen molar-refractivity contribution in [2.24, 2.45) is 16.8 Å². The molecular formula is C19H27N3OS. The molecule has 4 nitrogen and oxygen atoms in total. The van der Waals surface area contributed by atoms with Crippen LogP contribution in [0, 0.1) is 24.2 Å². The Labute approximate surface area is 149 Å². The molecule has 1 aliphatic carbocycles. The number of rotatable bonds is 4. The molecule has 5 heteroatoms. The third-order valence-corrected chi connectivity index (χ3v) is 6.07. The summed E-state index contributed by atoms with van der Waals surface area (Å²) in [6.45, 7) is 4.04. The predicted octanol–water partition coefficient (Wildman–Crippen LogP) is 3.65. The number of amides is 1. The van der Waals surface area contributed by atoms with Crippen molar-refractivity contribution >= 4 is 22.8 Å². The normalized spacial score (nSPS) is 25.7. The minimum atomic E-state index is -0.143. The molecule has 3 rings (SSSR count). The highest BCUT2D eigenvalue weighted by Gasteiger charge is 2.25. The average Bonchev–Trinajstić information content (AvgIpc) is 2.95. The molecule has 2 fully saturated rings. The number of allylic oxidation sites excluding steroid dienone is 1. The van der Waals surface area contributed by atoms with E-state index >= 15 is 0 Å². The summed E-state index contributed by atoms with van der Waals surface area (Å²) in [5.41, 5.74) is 0. The van der Waals surface area contributed by atoms with E-state index in [0.717, 1.165) is 10.8 Å². The first-order valence-electron chi connectivity index (χ1n) is 9.17. The van der Waals surface area contributed by atoms with Crippen molar-refractivity contribution < 1.29 is 4.79 Å². The Bertz CT molecular complexity index is 549. The van der Waals surface area contributed by atoms with Crippen LogP contribution in [0.2, 0.25) is 0 Å². The molecule has 0 bridgehead atoms. The quantitative estimate of drug-likeness (QED) is 0.790. The van der Waals surface area contributed by atoms with Crippen molar-refractivity contribution in [1.82, 2.24) is 10.2 Å². The Kier molecular flexibility index (Phi) is 6.39. The van der Waals surface area contributed by atoms with Crippen LogP contribution >= 0.6 is 11.8 Å². The number of likely N-dealkylation sites (tertiary alicyclic amines) is 1. The number of carbonyl (C=O) groups is 1. The van der Waals surface area contributed by atoms with Crippen molar-refractivity contribution in [3.8, 4) is 12.3 Å². The molecule has 0 radical (unpaired) electrons. The maximum Gasteiger partial charge on any atom is 0.311 e. The topological polar surface area (TPSA) is 44.7 Å². The van der Waals surface area contributed by atoms with Gasteiger partial charge in [-0.15, -0.1) is 6.42 Å². The Morgan fingerprint density at radius 2 is 2.00 bits per heavy atom. The SMILES string of the molecule is C#CCNC1=NC(=O)SC1=CC1CCN(CC2CCCCC2)CC1. The minimum Gasteiger partial charge on any atom is -0.358 e. The zero-order chi connectivity index (χ0) is 16.8. The van der Waals surface area contributed by atoms with E-state index in [9.17, 15) is 4.79 Å². The van der Waals surface area contributed by atoms with Crippen LogP contribution in [0.25, 0.3) is 0 Å². The molecule has 1 saturated carbocycles. The van der Waals surface area contributed by atoms with Crippen LogP contribution in [-0.2, 0) is 0 Å². The highest BCUT2D eigenvalue weighted by atomic mass is 32.2. The first-order valence-corrected chi connectivity index (χ1v) is 9.98. The van der Waals surface area contributed by atoms with Crippen LogP contribution in [0.3, 0.4) is 0 Å². The van der Waals surface area contributed by atoms with Gasteiger partial charge in [0.25, 0.3) is 0 Å². The summed E-state index contributed by atoms with van der Waals surface area (Å²) >= 11 is 1.22. The lowest BCUT2D eigenvalue weighted by Gasteiger charge is -2.34. The van der Waals surface area contributed by atoms with Crippen LogP contribution in [0.1, 0.15) is 44.9 Å². The number of aliphatic imine (C=N–C) groups is 1. The molecule has 1 amide bonds. The van der Waals surface area contributed by atoms with E-state index in [4.69, 9.17) is 6.42 Å². The largest absolute Gasteiger partial charge is 0.358 e. The van der Waals surface area contributed by atoms with Gasteiger partial charge in [0.1, 0.15) is 5.84 Å². The van der Waals surface area contributed by atoms with Crippen LogP contribution in [0.15, 0.2) is 16.0 Å². The highest BCUT2D eigenvalue weighted by Crippen LogP contribution is 2.31. The maximum absolute atomic E-state index is 11.6. The number of amidine groups is 1. The number of hydrogen-bond donors (Lipinski definition) is 1. The summed E-state index contributed by atoms with van der Waals surface area (Å²) in [7, 11) is 0.